The second-order valence-corrected chi connectivity index (χ2v) is 23.9. The standard InChI is InChI=1S/C26H44N4O8.C21H36N4O6.C10H18O5/c1-8-35-23(32)18-14-20(28-24(33)38-26(3,4)5)22(27-17(2)31)21(15-18)30-11-9-10-19(16-30)36-12-13-37-25(34)29(6)7;1-5-29-20(27)15-11-17(22)19(23-14(2)26)18(12-15)25-8-6-7-16(13-25)30-9-10-31-21(28)24(3)4;1-9(2,3)14-7(11)13-8(12)15-10(4,5)6/h15,19-22H,8-14,16H2,1-7H3,(H,27,31)(H,28,33);12,16-19H,5-11,13,22H2,1-4H3,(H,23,26);1-6H3/t19-,20-,21+,22+;16-,17-,18+,19+;/m00./s1. The Kier molecular flexibility index (Phi) is 31.0. The first kappa shape index (κ1) is 73.8. The summed E-state index contributed by atoms with van der Waals surface area (Å²) in [6.07, 6.45) is 3.94. The molecular formula is C57H98N8O19. The molecule has 0 spiro atoms. The quantitative estimate of drug-likeness (QED) is 0.0647. The van der Waals surface area contributed by atoms with Crippen molar-refractivity contribution >= 4 is 54.3 Å². The number of nitrogens with one attached hydrogen (secondary N) is 3. The van der Waals surface area contributed by atoms with Crippen molar-refractivity contribution in [2.75, 3.05) is 94.0 Å². The average molecular weight is 1200 g/mol. The molecule has 8 atom stereocenters. The number of ether oxygens (including phenoxy) is 10. The van der Waals surface area contributed by atoms with Gasteiger partial charge in [0.25, 0.3) is 0 Å². The van der Waals surface area contributed by atoms with E-state index >= 15 is 0 Å². The Labute approximate surface area is 495 Å². The predicted molar refractivity (Wildman–Crippen MR) is 307 cm³/mol. The summed E-state index contributed by atoms with van der Waals surface area (Å²) in [6.45, 7) is 25.8. The summed E-state index contributed by atoms with van der Waals surface area (Å²) < 4.78 is 51.8. The van der Waals surface area contributed by atoms with Crippen LogP contribution in [0.2, 0.25) is 0 Å². The lowest BCUT2D eigenvalue weighted by Crippen LogP contribution is -2.64. The smallest absolute Gasteiger partial charge is 0.463 e. The first-order chi connectivity index (χ1) is 39.0. The van der Waals surface area contributed by atoms with Crippen molar-refractivity contribution in [1.29, 1.82) is 0 Å². The van der Waals surface area contributed by atoms with Gasteiger partial charge in [0.2, 0.25) is 11.8 Å². The molecule has 0 aromatic heterocycles. The molecule has 0 unspecified atom stereocenters. The lowest BCUT2D eigenvalue weighted by Gasteiger charge is -2.45. The van der Waals surface area contributed by atoms with Crippen molar-refractivity contribution in [3.8, 4) is 0 Å². The molecule has 480 valence electrons. The molecule has 4 rings (SSSR count). The minimum absolute atomic E-state index is 0.0395. The summed E-state index contributed by atoms with van der Waals surface area (Å²) in [5, 5.41) is 8.80. The van der Waals surface area contributed by atoms with Crippen LogP contribution >= 0.6 is 0 Å². The number of rotatable bonds is 17. The Balaban J connectivity index is 0.000000469. The summed E-state index contributed by atoms with van der Waals surface area (Å²) in [5.41, 5.74) is 5.23. The molecule has 5 amide bonds. The highest BCUT2D eigenvalue weighted by Crippen LogP contribution is 2.29. The van der Waals surface area contributed by atoms with Crippen LogP contribution in [-0.2, 0) is 66.5 Å². The minimum Gasteiger partial charge on any atom is -0.463 e. The van der Waals surface area contributed by atoms with Crippen LogP contribution in [0, 0.1) is 0 Å². The number of alkyl carbamates (subject to hydrolysis) is 1. The van der Waals surface area contributed by atoms with Crippen LogP contribution in [0.1, 0.15) is 129 Å². The van der Waals surface area contributed by atoms with Gasteiger partial charge in [0.1, 0.15) is 30.0 Å². The second-order valence-electron chi connectivity index (χ2n) is 23.9. The summed E-state index contributed by atoms with van der Waals surface area (Å²) >= 11 is 0. The molecule has 27 heteroatoms. The fourth-order valence-electron chi connectivity index (χ4n) is 9.16. The normalized spacial score (nSPS) is 22.8. The van der Waals surface area contributed by atoms with E-state index in [0.29, 0.717) is 50.4 Å². The van der Waals surface area contributed by atoms with Gasteiger partial charge in [-0.3, -0.25) is 19.4 Å². The molecule has 0 aromatic carbocycles. The third-order valence-electron chi connectivity index (χ3n) is 12.5. The van der Waals surface area contributed by atoms with Gasteiger partial charge in [0, 0.05) is 78.7 Å². The molecule has 0 bridgehead atoms. The molecule has 0 radical (unpaired) electrons. The lowest BCUT2D eigenvalue weighted by atomic mass is 9.84. The number of hydrogen-bond donors (Lipinski definition) is 4. The van der Waals surface area contributed by atoms with E-state index in [2.05, 4.69) is 30.5 Å². The minimum atomic E-state index is -1.06. The number of carbonyl (C=O) groups excluding carboxylic acids is 9. The van der Waals surface area contributed by atoms with Crippen LogP contribution in [0.3, 0.4) is 0 Å². The lowest BCUT2D eigenvalue weighted by molar-refractivity contribution is -0.139. The van der Waals surface area contributed by atoms with Gasteiger partial charge < -0.3 is 78.9 Å². The molecule has 2 fully saturated rings. The molecule has 5 N–H and O–H groups in total. The van der Waals surface area contributed by atoms with Gasteiger partial charge in [0.15, 0.2) is 0 Å². The number of likely N-dealkylation sites (tertiary alicyclic amines) is 2. The highest BCUT2D eigenvalue weighted by molar-refractivity contribution is 5.90. The number of hydrogen-bond acceptors (Lipinski definition) is 22. The predicted octanol–water partition coefficient (Wildman–Crippen LogP) is 4.96. The molecule has 0 saturated carbocycles. The number of amides is 5. The Morgan fingerprint density at radius 2 is 0.952 bits per heavy atom. The van der Waals surface area contributed by atoms with E-state index in [1.165, 1.54) is 23.6 Å². The number of nitrogens with two attached hydrogens (primary N) is 1. The second kappa shape index (κ2) is 35.2. The van der Waals surface area contributed by atoms with Crippen LogP contribution < -0.4 is 21.7 Å². The largest absolute Gasteiger partial charge is 0.519 e. The van der Waals surface area contributed by atoms with Gasteiger partial charge in [-0.05, 0) is 121 Å². The molecule has 0 aromatic rings. The average Bonchev–Trinajstić information content (AvgIpc) is 2.79. The van der Waals surface area contributed by atoms with Gasteiger partial charge in [-0.25, -0.2) is 33.6 Å². The highest BCUT2D eigenvalue weighted by atomic mass is 16.8. The summed E-state index contributed by atoms with van der Waals surface area (Å²) in [4.78, 5) is 114. The molecule has 2 heterocycles. The van der Waals surface area contributed by atoms with E-state index in [1.807, 2.05) is 12.2 Å². The Morgan fingerprint density at radius 3 is 1.33 bits per heavy atom. The van der Waals surface area contributed by atoms with Crippen LogP contribution in [0.5, 0.6) is 0 Å². The zero-order valence-corrected chi connectivity index (χ0v) is 52.7. The highest BCUT2D eigenvalue weighted by Gasteiger charge is 2.43. The van der Waals surface area contributed by atoms with Crippen molar-refractivity contribution in [2.45, 2.75) is 194 Å². The van der Waals surface area contributed by atoms with Crippen LogP contribution in [0.15, 0.2) is 23.3 Å². The van der Waals surface area contributed by atoms with Crippen molar-refractivity contribution in [2.24, 2.45) is 5.73 Å². The molecule has 84 heavy (non-hydrogen) atoms. The first-order valence-corrected chi connectivity index (χ1v) is 28.6. The third kappa shape index (κ3) is 29.0. The topological polar surface area (TPSA) is 321 Å². The maximum atomic E-state index is 12.7. The van der Waals surface area contributed by atoms with Crippen LogP contribution in [0.25, 0.3) is 0 Å². The maximum absolute atomic E-state index is 12.7. The molecule has 27 nitrogen and oxygen atoms in total. The van der Waals surface area contributed by atoms with E-state index in [4.69, 9.17) is 48.4 Å². The van der Waals surface area contributed by atoms with E-state index in [-0.39, 0.29) is 74.9 Å². The number of esters is 2. The monoisotopic (exact) mass is 1200 g/mol. The first-order valence-electron chi connectivity index (χ1n) is 28.6. The van der Waals surface area contributed by atoms with Crippen LogP contribution in [-0.4, -0.2) is 233 Å². The number of nitrogens with zero attached hydrogens (tertiary/aromatic N) is 4. The molecule has 2 aliphatic carbocycles. The maximum Gasteiger partial charge on any atom is 0.519 e. The molecule has 2 aliphatic heterocycles. The number of piperidine rings is 2. The fourth-order valence-corrected chi connectivity index (χ4v) is 9.16. The van der Waals surface area contributed by atoms with Crippen molar-refractivity contribution in [3.05, 3.63) is 23.3 Å². The van der Waals surface area contributed by atoms with Crippen molar-refractivity contribution in [1.82, 2.24) is 35.6 Å². The van der Waals surface area contributed by atoms with Crippen molar-refractivity contribution < 1.29 is 90.5 Å². The van der Waals surface area contributed by atoms with Gasteiger partial charge in [-0.1, -0.05) is 12.2 Å². The zero-order chi connectivity index (χ0) is 63.7. The molecule has 4 aliphatic rings. The van der Waals surface area contributed by atoms with E-state index in [9.17, 15) is 43.2 Å². The Bertz CT molecular complexity index is 2210. The van der Waals surface area contributed by atoms with Crippen LogP contribution in [0.4, 0.5) is 24.0 Å². The SMILES string of the molecule is CC(C)(C)OC(=O)OC(=O)OC(C)(C)C.CCOC(=O)C1=C[C@@H](N2CCC[C@H](OCCOC(=O)N(C)C)C2)[C@H](NC(C)=O)[C@@H](N)C1.CCOC(=O)C1=C[C@@H](N2CCC[C@H](OCCOC(=O)N(C)C)C2)[C@H](NC(C)=O)[C@@H](NC(=O)OC(C)(C)C)C1. The fraction of sp³-hybridized carbons (Fsp3) is 0.772. The van der Waals surface area contributed by atoms with Gasteiger partial charge in [0.05, 0.1) is 68.8 Å². The van der Waals surface area contributed by atoms with E-state index in [0.717, 1.165) is 32.2 Å². The van der Waals surface area contributed by atoms with E-state index in [1.54, 1.807) is 104 Å². The summed E-state index contributed by atoms with van der Waals surface area (Å²) in [7, 11) is 6.48. The third-order valence-corrected chi connectivity index (χ3v) is 12.5. The summed E-state index contributed by atoms with van der Waals surface area (Å²) in [5.74, 6) is -1.23. The van der Waals surface area contributed by atoms with Gasteiger partial charge >= 0.3 is 42.5 Å². The molecular weight excluding hydrogens is 1100 g/mol. The zero-order valence-electron chi connectivity index (χ0n) is 52.7. The van der Waals surface area contributed by atoms with Gasteiger partial charge in [-0.15, -0.1) is 0 Å². The molecule has 2 saturated heterocycles. The van der Waals surface area contributed by atoms with E-state index < -0.39 is 77.5 Å². The Hall–Kier alpha value is -6.29. The van der Waals surface area contributed by atoms with Gasteiger partial charge in [-0.2, -0.15) is 0 Å². The summed E-state index contributed by atoms with van der Waals surface area (Å²) in [6, 6.07) is -2.46. The number of carbonyl (C=O) groups is 9. The van der Waals surface area contributed by atoms with Crippen molar-refractivity contribution in [3.63, 3.8) is 0 Å². The Morgan fingerprint density at radius 1 is 0.560 bits per heavy atom.